The van der Waals surface area contributed by atoms with E-state index in [1.165, 1.54) is 10.6 Å². The van der Waals surface area contributed by atoms with Crippen LogP contribution in [0.5, 0.6) is 0 Å². The molecule has 1 aromatic heterocycles. The van der Waals surface area contributed by atoms with E-state index >= 15 is 0 Å². The van der Waals surface area contributed by atoms with Gasteiger partial charge in [-0.3, -0.25) is 4.79 Å². The third kappa shape index (κ3) is 2.70. The first kappa shape index (κ1) is 16.9. The van der Waals surface area contributed by atoms with Crippen LogP contribution in [-0.4, -0.2) is 22.9 Å². The molecule has 0 unspecified atom stereocenters. The normalized spacial score (nSPS) is 19.9. The lowest BCUT2D eigenvalue weighted by molar-refractivity contribution is 0.00578. The highest BCUT2D eigenvalue weighted by atomic mass is 19.1. The maximum Gasteiger partial charge on any atom is 0.525 e. The van der Waals surface area contributed by atoms with Crippen molar-refractivity contribution < 1.29 is 13.7 Å². The van der Waals surface area contributed by atoms with Crippen LogP contribution in [0.2, 0.25) is 0 Å². The van der Waals surface area contributed by atoms with Crippen molar-refractivity contribution in [3.8, 4) is 0 Å². The Balaban J connectivity index is 2.02. The largest absolute Gasteiger partial charge is 0.525 e. The minimum Gasteiger partial charge on any atom is -0.398 e. The molecule has 1 aliphatic heterocycles. The van der Waals surface area contributed by atoms with Crippen molar-refractivity contribution in [1.82, 2.24) is 4.57 Å². The second-order valence-corrected chi connectivity index (χ2v) is 7.14. The standard InChI is InChI=1S/C18H21BFNO3/c1-17(2)18(3,4)24-19(23-17)15(20)11-13-10-12-8-6-7-9-14(12)21(5)16(13)22/h6-11H,1-5H3. The molecule has 1 fully saturated rings. The Labute approximate surface area is 141 Å². The molecule has 24 heavy (non-hydrogen) atoms. The highest BCUT2D eigenvalue weighted by Gasteiger charge is 2.53. The molecule has 0 radical (unpaired) electrons. The molecule has 2 aromatic rings. The van der Waals surface area contributed by atoms with E-state index in [0.717, 1.165) is 10.9 Å². The lowest BCUT2D eigenvalue weighted by atomic mass is 9.87. The molecule has 3 rings (SSSR count). The minimum absolute atomic E-state index is 0.264. The summed E-state index contributed by atoms with van der Waals surface area (Å²) in [6.07, 6.45) is 1.21. The topological polar surface area (TPSA) is 40.5 Å². The highest BCUT2D eigenvalue weighted by molar-refractivity contribution is 6.54. The molecule has 6 heteroatoms. The second kappa shape index (κ2) is 5.57. The Morgan fingerprint density at radius 1 is 1.17 bits per heavy atom. The molecule has 0 atom stereocenters. The van der Waals surface area contributed by atoms with Gasteiger partial charge < -0.3 is 13.9 Å². The quantitative estimate of drug-likeness (QED) is 0.792. The molecule has 1 aliphatic rings. The van der Waals surface area contributed by atoms with Gasteiger partial charge in [0.15, 0.2) is 0 Å². The van der Waals surface area contributed by atoms with Crippen LogP contribution in [0.3, 0.4) is 0 Å². The third-order valence-corrected chi connectivity index (χ3v) is 4.93. The van der Waals surface area contributed by atoms with Gasteiger partial charge >= 0.3 is 7.12 Å². The number of rotatable bonds is 2. The monoisotopic (exact) mass is 329 g/mol. The van der Waals surface area contributed by atoms with Crippen molar-refractivity contribution in [2.24, 2.45) is 7.05 Å². The zero-order valence-corrected chi connectivity index (χ0v) is 14.6. The second-order valence-electron chi connectivity index (χ2n) is 7.14. The fraction of sp³-hybridized carbons (Fsp3) is 0.389. The van der Waals surface area contributed by atoms with Crippen molar-refractivity contribution in [3.05, 3.63) is 52.0 Å². The summed E-state index contributed by atoms with van der Waals surface area (Å²) in [6.45, 7) is 7.43. The zero-order valence-electron chi connectivity index (χ0n) is 14.6. The molecule has 0 N–H and O–H groups in total. The van der Waals surface area contributed by atoms with E-state index in [1.54, 1.807) is 13.1 Å². The number of benzene rings is 1. The van der Waals surface area contributed by atoms with Gasteiger partial charge in [-0.15, -0.1) is 0 Å². The number of nitrogens with zero attached hydrogens (tertiary/aromatic N) is 1. The minimum atomic E-state index is -1.11. The number of halogens is 1. The van der Waals surface area contributed by atoms with E-state index in [0.29, 0.717) is 0 Å². The van der Waals surface area contributed by atoms with Crippen LogP contribution < -0.4 is 5.56 Å². The van der Waals surface area contributed by atoms with Gasteiger partial charge in [-0.2, -0.15) is 0 Å². The van der Waals surface area contributed by atoms with Gasteiger partial charge in [0, 0.05) is 12.6 Å². The van der Waals surface area contributed by atoms with Gasteiger partial charge in [-0.05, 0) is 51.3 Å². The van der Waals surface area contributed by atoms with Gasteiger partial charge in [0.25, 0.3) is 5.56 Å². The Kier molecular flexibility index (Phi) is 3.93. The third-order valence-electron chi connectivity index (χ3n) is 4.93. The predicted octanol–water partition coefficient (Wildman–Crippen LogP) is 3.48. The Morgan fingerprint density at radius 3 is 2.38 bits per heavy atom. The molecule has 4 nitrogen and oxygen atoms in total. The van der Waals surface area contributed by atoms with E-state index in [-0.39, 0.29) is 11.1 Å². The first-order valence-corrected chi connectivity index (χ1v) is 7.94. The van der Waals surface area contributed by atoms with Gasteiger partial charge in [-0.25, -0.2) is 4.39 Å². The summed E-state index contributed by atoms with van der Waals surface area (Å²) in [6, 6.07) is 9.17. The van der Waals surface area contributed by atoms with Crippen molar-refractivity contribution in [2.45, 2.75) is 38.9 Å². The Bertz CT molecular complexity index is 869. The molecule has 126 valence electrons. The number of para-hydroxylation sites is 1. The molecule has 0 aliphatic carbocycles. The number of hydrogen-bond acceptors (Lipinski definition) is 3. The maximum absolute atomic E-state index is 14.7. The summed E-state index contributed by atoms with van der Waals surface area (Å²) in [5, 5.41) is 0.868. The maximum atomic E-state index is 14.7. The van der Waals surface area contributed by atoms with Gasteiger partial charge in [0.2, 0.25) is 0 Å². The summed E-state index contributed by atoms with van der Waals surface area (Å²) >= 11 is 0. The Morgan fingerprint density at radius 2 is 1.75 bits per heavy atom. The van der Waals surface area contributed by atoms with Gasteiger partial charge in [-0.1, -0.05) is 18.2 Å². The molecule has 1 saturated heterocycles. The Hall–Kier alpha value is -1.92. The zero-order chi connectivity index (χ0) is 17.7. The predicted molar refractivity (Wildman–Crippen MR) is 94.4 cm³/mol. The van der Waals surface area contributed by atoms with Crippen LogP contribution in [-0.2, 0) is 16.4 Å². The molecule has 1 aromatic carbocycles. The number of fused-ring (bicyclic) bond motifs is 1. The van der Waals surface area contributed by atoms with Gasteiger partial charge in [0.05, 0.1) is 16.7 Å². The molecule has 0 saturated carbocycles. The van der Waals surface area contributed by atoms with E-state index in [1.807, 2.05) is 52.0 Å². The van der Waals surface area contributed by atoms with Crippen molar-refractivity contribution in [3.63, 3.8) is 0 Å². The smallest absolute Gasteiger partial charge is 0.398 e. The van der Waals surface area contributed by atoms with Crippen molar-refractivity contribution >= 4 is 24.1 Å². The number of aryl methyl sites for hydroxylation is 1. The van der Waals surface area contributed by atoms with Crippen LogP contribution in [0, 0.1) is 0 Å². The summed E-state index contributed by atoms with van der Waals surface area (Å²) in [5.41, 5.74) is -1.06. The van der Waals surface area contributed by atoms with Crippen LogP contribution in [0.15, 0.2) is 40.9 Å². The SMILES string of the molecule is Cn1c(=O)c(C=C(F)B2OC(C)(C)C(C)(C)O2)cc2ccccc21. The van der Waals surface area contributed by atoms with Crippen molar-refractivity contribution in [2.75, 3.05) is 0 Å². The van der Waals surface area contributed by atoms with E-state index in [9.17, 15) is 9.18 Å². The summed E-state index contributed by atoms with van der Waals surface area (Å²) in [5.74, 6) is 0. The van der Waals surface area contributed by atoms with Crippen LogP contribution in [0.25, 0.3) is 17.0 Å². The van der Waals surface area contributed by atoms with E-state index in [4.69, 9.17) is 9.31 Å². The van der Waals surface area contributed by atoms with E-state index in [2.05, 4.69) is 0 Å². The average molecular weight is 329 g/mol. The number of aromatic nitrogens is 1. The number of pyridine rings is 1. The molecular formula is C18H21BFNO3. The summed E-state index contributed by atoms with van der Waals surface area (Å²) < 4.78 is 27.5. The fourth-order valence-corrected chi connectivity index (χ4v) is 2.72. The van der Waals surface area contributed by atoms with Crippen LogP contribution in [0.4, 0.5) is 4.39 Å². The lowest BCUT2D eigenvalue weighted by Gasteiger charge is -2.32. The number of hydrogen-bond donors (Lipinski definition) is 0. The van der Waals surface area contributed by atoms with Gasteiger partial charge in [0.1, 0.15) is 5.73 Å². The average Bonchev–Trinajstić information content (AvgIpc) is 2.73. The first-order chi connectivity index (χ1) is 11.1. The molecule has 0 spiro atoms. The van der Waals surface area contributed by atoms with Crippen molar-refractivity contribution in [1.29, 1.82) is 0 Å². The highest BCUT2D eigenvalue weighted by Crippen LogP contribution is 2.39. The van der Waals surface area contributed by atoms with Crippen LogP contribution in [0.1, 0.15) is 33.3 Å². The summed E-state index contributed by atoms with van der Waals surface area (Å²) in [7, 11) is 0.570. The molecule has 0 amide bonds. The first-order valence-electron chi connectivity index (χ1n) is 7.94. The van der Waals surface area contributed by atoms with Crippen LogP contribution >= 0.6 is 0 Å². The van der Waals surface area contributed by atoms with E-state index < -0.39 is 24.0 Å². The lowest BCUT2D eigenvalue weighted by Crippen LogP contribution is -2.41. The molecule has 2 heterocycles. The fourth-order valence-electron chi connectivity index (χ4n) is 2.72. The molecular weight excluding hydrogens is 308 g/mol. The summed E-state index contributed by atoms with van der Waals surface area (Å²) in [4.78, 5) is 12.5. The molecule has 0 bridgehead atoms.